The Morgan fingerprint density at radius 2 is 1.91 bits per heavy atom. The molecule has 1 rings (SSSR count). The predicted octanol–water partition coefficient (Wildman–Crippen LogP) is 3.34. The number of hydrogen-bond acceptors (Lipinski definition) is 2. The molecule has 1 atom stereocenters. The van der Waals surface area contributed by atoms with E-state index in [-0.39, 0.29) is 29.7 Å². The Morgan fingerprint density at radius 1 is 1.23 bits per heavy atom. The van der Waals surface area contributed by atoms with Crippen LogP contribution in [0.4, 0.5) is 10.1 Å². The van der Waals surface area contributed by atoms with Crippen molar-refractivity contribution in [1.82, 2.24) is 5.32 Å². The van der Waals surface area contributed by atoms with Crippen molar-refractivity contribution in [3.8, 4) is 0 Å². The summed E-state index contributed by atoms with van der Waals surface area (Å²) in [6, 6.07) is 5.63. The van der Waals surface area contributed by atoms with E-state index < -0.39 is 5.82 Å². The number of amides is 2. The van der Waals surface area contributed by atoms with E-state index in [0.29, 0.717) is 12.1 Å². The molecule has 0 saturated heterocycles. The zero-order chi connectivity index (χ0) is 16.8. The first-order valence-corrected chi connectivity index (χ1v) is 7.48. The molecule has 0 bridgehead atoms. The van der Waals surface area contributed by atoms with E-state index in [1.54, 1.807) is 6.07 Å². The summed E-state index contributed by atoms with van der Waals surface area (Å²) >= 11 is 0. The first-order chi connectivity index (χ1) is 10.2. The average Bonchev–Trinajstić information content (AvgIpc) is 2.34. The van der Waals surface area contributed by atoms with E-state index >= 15 is 0 Å². The van der Waals surface area contributed by atoms with Crippen molar-refractivity contribution in [3.05, 3.63) is 30.1 Å². The molecule has 0 spiro atoms. The highest BCUT2D eigenvalue weighted by Gasteiger charge is 2.18. The van der Waals surface area contributed by atoms with Crippen LogP contribution in [0.2, 0.25) is 0 Å². The lowest BCUT2D eigenvalue weighted by Gasteiger charge is -2.22. The summed E-state index contributed by atoms with van der Waals surface area (Å²) in [6.45, 7) is 8.31. The van der Waals surface area contributed by atoms with Gasteiger partial charge in [-0.3, -0.25) is 9.59 Å². The van der Waals surface area contributed by atoms with Gasteiger partial charge in [0.25, 0.3) is 0 Å². The van der Waals surface area contributed by atoms with Crippen molar-refractivity contribution in [2.75, 3.05) is 11.9 Å². The van der Waals surface area contributed by atoms with Crippen molar-refractivity contribution < 1.29 is 14.0 Å². The Labute approximate surface area is 131 Å². The zero-order valence-corrected chi connectivity index (χ0v) is 13.7. The fourth-order valence-electron chi connectivity index (χ4n) is 2.46. The predicted molar refractivity (Wildman–Crippen MR) is 85.9 cm³/mol. The van der Waals surface area contributed by atoms with Gasteiger partial charge >= 0.3 is 0 Å². The lowest BCUT2D eigenvalue weighted by atomic mass is 9.84. The quantitative estimate of drug-likeness (QED) is 0.847. The van der Waals surface area contributed by atoms with Crippen LogP contribution in [-0.4, -0.2) is 18.4 Å². The number of halogens is 1. The molecule has 0 radical (unpaired) electrons. The van der Waals surface area contributed by atoms with Crippen molar-refractivity contribution in [1.29, 1.82) is 0 Å². The fourth-order valence-corrected chi connectivity index (χ4v) is 2.46. The van der Waals surface area contributed by atoms with Gasteiger partial charge in [-0.05, 0) is 36.0 Å². The summed E-state index contributed by atoms with van der Waals surface area (Å²) in [5, 5.41) is 5.13. The van der Waals surface area contributed by atoms with E-state index in [1.165, 1.54) is 18.2 Å². The second-order valence-corrected chi connectivity index (χ2v) is 6.91. The maximum atomic E-state index is 13.0. The van der Waals surface area contributed by atoms with E-state index in [0.717, 1.165) is 6.42 Å². The van der Waals surface area contributed by atoms with E-state index in [4.69, 9.17) is 0 Å². The Bertz CT molecular complexity index is 524. The molecular formula is C17H25FN2O2. The highest BCUT2D eigenvalue weighted by Crippen LogP contribution is 2.25. The summed E-state index contributed by atoms with van der Waals surface area (Å²) in [6.07, 6.45) is 1.33. The van der Waals surface area contributed by atoms with E-state index in [2.05, 4.69) is 31.4 Å². The van der Waals surface area contributed by atoms with Crippen LogP contribution >= 0.6 is 0 Å². The number of anilines is 1. The molecular weight excluding hydrogens is 283 g/mol. The van der Waals surface area contributed by atoms with E-state index in [1.807, 2.05) is 6.92 Å². The first kappa shape index (κ1) is 18.1. The van der Waals surface area contributed by atoms with Crippen molar-refractivity contribution in [2.24, 2.45) is 11.3 Å². The van der Waals surface area contributed by atoms with Gasteiger partial charge in [0.2, 0.25) is 11.8 Å². The molecule has 0 saturated carbocycles. The summed E-state index contributed by atoms with van der Waals surface area (Å²) in [7, 11) is 0. The third-order valence-electron chi connectivity index (χ3n) is 3.05. The van der Waals surface area contributed by atoms with Gasteiger partial charge in [0, 0.05) is 12.1 Å². The van der Waals surface area contributed by atoms with Gasteiger partial charge in [0.05, 0.1) is 6.54 Å². The van der Waals surface area contributed by atoms with E-state index in [9.17, 15) is 14.0 Å². The molecule has 2 amide bonds. The SMILES string of the molecule is C[C@@H](CC(=O)NCC(=O)Nc1cccc(F)c1)CC(C)(C)C. The van der Waals surface area contributed by atoms with Crippen LogP contribution in [0.5, 0.6) is 0 Å². The minimum absolute atomic E-state index is 0.114. The first-order valence-electron chi connectivity index (χ1n) is 7.48. The second-order valence-electron chi connectivity index (χ2n) is 6.91. The summed E-state index contributed by atoms with van der Waals surface area (Å²) < 4.78 is 13.0. The summed E-state index contributed by atoms with van der Waals surface area (Å²) in [5.74, 6) is -0.683. The topological polar surface area (TPSA) is 58.2 Å². The minimum Gasteiger partial charge on any atom is -0.347 e. The standard InChI is InChI=1S/C17H25FN2O2/c1-12(10-17(2,3)4)8-15(21)19-11-16(22)20-14-7-5-6-13(18)9-14/h5-7,9,12H,8,10-11H2,1-4H3,(H,19,21)(H,20,22)/t12-/m0/s1. The highest BCUT2D eigenvalue weighted by molar-refractivity contribution is 5.94. The third kappa shape index (κ3) is 7.76. The largest absolute Gasteiger partial charge is 0.347 e. The summed E-state index contributed by atoms with van der Waals surface area (Å²) in [4.78, 5) is 23.5. The number of carbonyl (C=O) groups excluding carboxylic acids is 2. The molecule has 4 nitrogen and oxygen atoms in total. The number of nitrogens with one attached hydrogen (secondary N) is 2. The Hall–Kier alpha value is -1.91. The van der Waals surface area contributed by atoms with Crippen LogP contribution in [0.25, 0.3) is 0 Å². The molecule has 0 aliphatic carbocycles. The Balaban J connectivity index is 2.33. The molecule has 0 fully saturated rings. The number of benzene rings is 1. The molecule has 0 heterocycles. The molecule has 0 aliphatic heterocycles. The minimum atomic E-state index is -0.419. The maximum Gasteiger partial charge on any atom is 0.243 e. The molecule has 2 N–H and O–H groups in total. The average molecular weight is 308 g/mol. The third-order valence-corrected chi connectivity index (χ3v) is 3.05. The normalized spacial score (nSPS) is 12.6. The fraction of sp³-hybridized carbons (Fsp3) is 0.529. The monoisotopic (exact) mass is 308 g/mol. The van der Waals surface area contributed by atoms with Gasteiger partial charge < -0.3 is 10.6 Å². The second kappa shape index (κ2) is 7.92. The van der Waals surface area contributed by atoms with Crippen LogP contribution in [-0.2, 0) is 9.59 Å². The van der Waals surface area contributed by atoms with Crippen molar-refractivity contribution >= 4 is 17.5 Å². The molecule has 0 aliphatic rings. The smallest absolute Gasteiger partial charge is 0.243 e. The molecule has 0 unspecified atom stereocenters. The Kier molecular flexibility index (Phi) is 6.53. The van der Waals surface area contributed by atoms with Crippen molar-refractivity contribution in [2.45, 2.75) is 40.5 Å². The van der Waals surface area contributed by atoms with Crippen molar-refractivity contribution in [3.63, 3.8) is 0 Å². The Morgan fingerprint density at radius 3 is 2.50 bits per heavy atom. The maximum absolute atomic E-state index is 13.0. The zero-order valence-electron chi connectivity index (χ0n) is 13.7. The van der Waals surface area contributed by atoms with Crippen LogP contribution in [0, 0.1) is 17.2 Å². The van der Waals surface area contributed by atoms with Gasteiger partial charge in [-0.15, -0.1) is 0 Å². The molecule has 5 heteroatoms. The number of hydrogen-bond donors (Lipinski definition) is 2. The van der Waals surface area contributed by atoms with Crippen LogP contribution in [0.3, 0.4) is 0 Å². The molecule has 22 heavy (non-hydrogen) atoms. The summed E-state index contributed by atoms with van der Waals surface area (Å²) in [5.41, 5.74) is 0.550. The number of carbonyl (C=O) groups is 2. The van der Waals surface area contributed by atoms with Gasteiger partial charge in [0.1, 0.15) is 5.82 Å². The van der Waals surface area contributed by atoms with Gasteiger partial charge in [-0.1, -0.05) is 33.8 Å². The molecule has 1 aromatic rings. The number of rotatable bonds is 6. The molecule has 122 valence electrons. The van der Waals surface area contributed by atoms with Gasteiger partial charge in [-0.25, -0.2) is 4.39 Å². The van der Waals surface area contributed by atoms with Crippen LogP contribution in [0.1, 0.15) is 40.5 Å². The lowest BCUT2D eigenvalue weighted by Crippen LogP contribution is -2.33. The lowest BCUT2D eigenvalue weighted by molar-refractivity contribution is -0.124. The molecule has 1 aromatic carbocycles. The molecule has 0 aromatic heterocycles. The van der Waals surface area contributed by atoms with Gasteiger partial charge in [0.15, 0.2) is 0 Å². The highest BCUT2D eigenvalue weighted by atomic mass is 19.1. The van der Waals surface area contributed by atoms with Crippen LogP contribution < -0.4 is 10.6 Å². The van der Waals surface area contributed by atoms with Gasteiger partial charge in [-0.2, -0.15) is 0 Å². The van der Waals surface area contributed by atoms with Crippen LogP contribution in [0.15, 0.2) is 24.3 Å².